The molecule has 0 saturated carbocycles. The Morgan fingerprint density at radius 2 is 1.86 bits per heavy atom. The third-order valence-corrected chi connectivity index (χ3v) is 9.41. The Hall–Kier alpha value is -2.44. The lowest BCUT2D eigenvalue weighted by molar-refractivity contribution is -0.108. The molecule has 2 aromatic carbocycles. The topological polar surface area (TPSA) is 42.0 Å². The molecule has 3 heterocycles. The van der Waals surface area contributed by atoms with Gasteiger partial charge in [0.2, 0.25) is 6.41 Å². The fraction of sp³-hybridized carbons (Fsp3) is 0.639. The number of amides is 1. The van der Waals surface area contributed by atoms with Crippen LogP contribution >= 0.6 is 0 Å². The smallest absolute Gasteiger partial charge is 0.214 e. The summed E-state index contributed by atoms with van der Waals surface area (Å²) in [4.78, 5) is 15.8. The van der Waals surface area contributed by atoms with Gasteiger partial charge in [0.05, 0.1) is 12.7 Å². The molecule has 3 unspecified atom stereocenters. The van der Waals surface area contributed by atoms with Gasteiger partial charge < -0.3 is 19.3 Å². The maximum Gasteiger partial charge on any atom is 0.214 e. The molecule has 0 bridgehead atoms. The van der Waals surface area contributed by atoms with Crippen molar-refractivity contribution in [3.63, 3.8) is 0 Å². The van der Waals surface area contributed by atoms with Crippen LogP contribution in [0.25, 0.3) is 0 Å². The summed E-state index contributed by atoms with van der Waals surface area (Å²) >= 11 is 0. The normalized spacial score (nSPS) is 21.9. The molecule has 0 spiro atoms. The van der Waals surface area contributed by atoms with E-state index in [1.54, 1.807) is 24.0 Å². The summed E-state index contributed by atoms with van der Waals surface area (Å²) in [7, 11) is 0. The highest BCUT2D eigenvalue weighted by atomic mass is 19.1. The molecule has 0 aromatic heterocycles. The molecule has 2 saturated heterocycles. The third-order valence-electron chi connectivity index (χ3n) is 9.41. The molecule has 0 aliphatic carbocycles. The van der Waals surface area contributed by atoms with Gasteiger partial charge in [0.15, 0.2) is 0 Å². The molecule has 2 aromatic rings. The third kappa shape index (κ3) is 8.57. The van der Waals surface area contributed by atoms with Crippen LogP contribution in [0, 0.1) is 12.7 Å². The summed E-state index contributed by atoms with van der Waals surface area (Å²) in [6.45, 7) is 12.5. The Morgan fingerprint density at radius 1 is 1.05 bits per heavy atom. The minimum Gasteiger partial charge on any atom is -0.493 e. The molecule has 3 aliphatic heterocycles. The Labute approximate surface area is 253 Å². The SMILES string of the molecule is CCCC(CCC)N(C=O)c1ccc(F)c(C)c1.CCN1CC(c2ccc3c(c2)CCO3)CC1CCC1CCCCO1. The van der Waals surface area contributed by atoms with Crippen LogP contribution in [0.5, 0.6) is 5.75 Å². The Kier molecular flexibility index (Phi) is 12.7. The van der Waals surface area contributed by atoms with Gasteiger partial charge in [-0.1, -0.05) is 45.7 Å². The van der Waals surface area contributed by atoms with Gasteiger partial charge in [0.1, 0.15) is 11.6 Å². The van der Waals surface area contributed by atoms with Gasteiger partial charge in [-0.15, -0.1) is 0 Å². The summed E-state index contributed by atoms with van der Waals surface area (Å²) in [6.07, 6.45) is 14.2. The van der Waals surface area contributed by atoms with E-state index in [-0.39, 0.29) is 11.9 Å². The zero-order valence-corrected chi connectivity index (χ0v) is 26.5. The maximum absolute atomic E-state index is 13.3. The number of likely N-dealkylation sites (N-methyl/N-ethyl adjacent to an activating group) is 1. The van der Waals surface area contributed by atoms with Crippen molar-refractivity contribution in [3.05, 3.63) is 58.9 Å². The highest BCUT2D eigenvalue weighted by Gasteiger charge is 2.33. The summed E-state index contributed by atoms with van der Waals surface area (Å²) in [6, 6.07) is 12.7. The number of benzene rings is 2. The molecule has 0 radical (unpaired) electrons. The van der Waals surface area contributed by atoms with E-state index < -0.39 is 0 Å². The predicted octanol–water partition coefficient (Wildman–Crippen LogP) is 8.21. The van der Waals surface area contributed by atoms with Crippen LogP contribution in [0.4, 0.5) is 10.1 Å². The van der Waals surface area contributed by atoms with Crippen molar-refractivity contribution in [3.8, 4) is 5.75 Å². The Balaban J connectivity index is 0.000000202. The highest BCUT2D eigenvalue weighted by molar-refractivity contribution is 5.76. The van der Waals surface area contributed by atoms with E-state index in [1.165, 1.54) is 68.8 Å². The minimum atomic E-state index is -0.230. The monoisotopic (exact) mass is 580 g/mol. The fourth-order valence-corrected chi connectivity index (χ4v) is 7.02. The van der Waals surface area contributed by atoms with Gasteiger partial charge >= 0.3 is 0 Å². The fourth-order valence-electron chi connectivity index (χ4n) is 7.02. The molecule has 6 heteroatoms. The van der Waals surface area contributed by atoms with E-state index in [2.05, 4.69) is 43.9 Å². The number of carbonyl (C=O) groups is 1. The van der Waals surface area contributed by atoms with Crippen LogP contribution in [-0.2, 0) is 16.0 Å². The lowest BCUT2D eigenvalue weighted by atomic mass is 9.92. The number of nitrogens with zero attached hydrogens (tertiary/aromatic N) is 2. The molecule has 42 heavy (non-hydrogen) atoms. The first kappa shape index (κ1) is 32.5. The van der Waals surface area contributed by atoms with E-state index in [0.717, 1.165) is 69.2 Å². The second kappa shape index (κ2) is 16.4. The zero-order valence-electron chi connectivity index (χ0n) is 26.5. The number of likely N-dealkylation sites (tertiary alicyclic amines) is 1. The molecular weight excluding hydrogens is 527 g/mol. The zero-order chi connectivity index (χ0) is 29.9. The summed E-state index contributed by atoms with van der Waals surface area (Å²) in [5.41, 5.74) is 4.30. The van der Waals surface area contributed by atoms with Crippen LogP contribution in [-0.4, -0.2) is 55.8 Å². The lowest BCUT2D eigenvalue weighted by Crippen LogP contribution is -2.34. The molecule has 232 valence electrons. The number of halogens is 1. The summed E-state index contributed by atoms with van der Waals surface area (Å²) < 4.78 is 24.9. The first-order valence-electron chi connectivity index (χ1n) is 16.6. The van der Waals surface area contributed by atoms with E-state index in [0.29, 0.717) is 17.6 Å². The van der Waals surface area contributed by atoms with Gasteiger partial charge in [-0.3, -0.25) is 4.79 Å². The van der Waals surface area contributed by atoms with Crippen LogP contribution in [0.2, 0.25) is 0 Å². The van der Waals surface area contributed by atoms with Gasteiger partial charge in [-0.25, -0.2) is 4.39 Å². The van der Waals surface area contributed by atoms with Crippen LogP contribution in [0.1, 0.15) is 108 Å². The van der Waals surface area contributed by atoms with E-state index >= 15 is 0 Å². The van der Waals surface area contributed by atoms with Crippen molar-refractivity contribution in [2.75, 3.05) is 31.2 Å². The first-order chi connectivity index (χ1) is 20.5. The second-order valence-corrected chi connectivity index (χ2v) is 12.4. The lowest BCUT2D eigenvalue weighted by Gasteiger charge is -2.28. The number of ether oxygens (including phenoxy) is 2. The van der Waals surface area contributed by atoms with Gasteiger partial charge in [0, 0.05) is 37.3 Å². The average molecular weight is 581 g/mol. The number of aryl methyl sites for hydroxylation is 1. The first-order valence-corrected chi connectivity index (χ1v) is 16.6. The van der Waals surface area contributed by atoms with Crippen molar-refractivity contribution in [2.45, 2.75) is 122 Å². The Bertz CT molecular complexity index is 1110. The molecule has 0 N–H and O–H groups in total. The largest absolute Gasteiger partial charge is 0.493 e. The standard InChI is InChI=1S/C21H31NO2.C15H22FNO/c1-2-22-15-18(16-6-9-21-17(13-16)10-12-24-21)14-19(22)7-8-20-5-3-4-11-23-20;1-4-6-13(7-5-2)17(11-18)14-8-9-15(16)12(3)10-14/h6,9,13,18-20H,2-5,7-8,10-12,14-15H2,1H3;8-11,13H,4-7H2,1-3H3. The van der Waals surface area contributed by atoms with Crippen molar-refractivity contribution in [1.82, 2.24) is 4.90 Å². The second-order valence-electron chi connectivity index (χ2n) is 12.4. The summed E-state index contributed by atoms with van der Waals surface area (Å²) in [5.74, 6) is 1.57. The van der Waals surface area contributed by atoms with Crippen LogP contribution < -0.4 is 9.64 Å². The van der Waals surface area contributed by atoms with Gasteiger partial charge in [-0.2, -0.15) is 0 Å². The van der Waals surface area contributed by atoms with E-state index in [4.69, 9.17) is 9.47 Å². The Morgan fingerprint density at radius 3 is 2.52 bits per heavy atom. The molecule has 3 aliphatic rings. The van der Waals surface area contributed by atoms with Gasteiger partial charge in [-0.05, 0) is 112 Å². The van der Waals surface area contributed by atoms with E-state index in [1.807, 2.05) is 0 Å². The van der Waals surface area contributed by atoms with Crippen molar-refractivity contribution >= 4 is 12.1 Å². The summed E-state index contributed by atoms with van der Waals surface area (Å²) in [5, 5.41) is 0. The highest BCUT2D eigenvalue weighted by Crippen LogP contribution is 2.37. The van der Waals surface area contributed by atoms with Crippen molar-refractivity contribution in [1.29, 1.82) is 0 Å². The molecule has 5 rings (SSSR count). The number of anilines is 1. The van der Waals surface area contributed by atoms with Crippen molar-refractivity contribution in [2.24, 2.45) is 0 Å². The number of fused-ring (bicyclic) bond motifs is 1. The average Bonchev–Trinajstić information content (AvgIpc) is 3.66. The predicted molar refractivity (Wildman–Crippen MR) is 170 cm³/mol. The molecule has 1 amide bonds. The molecule has 5 nitrogen and oxygen atoms in total. The van der Waals surface area contributed by atoms with Crippen LogP contribution in [0.15, 0.2) is 36.4 Å². The van der Waals surface area contributed by atoms with Gasteiger partial charge in [0.25, 0.3) is 0 Å². The molecular formula is C36H53FN2O3. The number of hydrogen-bond acceptors (Lipinski definition) is 4. The maximum atomic E-state index is 13.3. The van der Waals surface area contributed by atoms with Crippen LogP contribution in [0.3, 0.4) is 0 Å². The number of rotatable bonds is 12. The molecule has 2 fully saturated rings. The van der Waals surface area contributed by atoms with E-state index in [9.17, 15) is 9.18 Å². The number of carbonyl (C=O) groups excluding carboxylic acids is 1. The quantitative estimate of drug-likeness (QED) is 0.237. The number of hydrogen-bond donors (Lipinski definition) is 0. The minimum absolute atomic E-state index is 0.211. The molecule has 3 atom stereocenters. The van der Waals surface area contributed by atoms with Crippen molar-refractivity contribution < 1.29 is 18.7 Å².